The molecule has 0 radical (unpaired) electrons. The van der Waals surface area contributed by atoms with Crippen molar-refractivity contribution in [3.8, 4) is 5.75 Å². The molecule has 0 saturated heterocycles. The van der Waals surface area contributed by atoms with Crippen LogP contribution < -0.4 is 10.1 Å². The highest BCUT2D eigenvalue weighted by atomic mass is 19.1. The number of H-pyrrole nitrogens is 1. The number of aromatic amines is 1. The van der Waals surface area contributed by atoms with Gasteiger partial charge >= 0.3 is 0 Å². The molecular formula is C14H16FN3O2. The average Bonchev–Trinajstić information content (AvgIpc) is 2.87. The number of benzene rings is 1. The maximum atomic E-state index is 13.5. The molecule has 1 aromatic heterocycles. The largest absolute Gasteiger partial charge is 0.494 e. The van der Waals surface area contributed by atoms with Gasteiger partial charge in [-0.1, -0.05) is 13.8 Å². The van der Waals surface area contributed by atoms with Crippen LogP contribution in [-0.2, 0) is 0 Å². The second-order valence-electron chi connectivity index (χ2n) is 4.67. The number of hydrogen-bond donors (Lipinski definition) is 2. The molecule has 0 fully saturated rings. The molecule has 0 aliphatic rings. The van der Waals surface area contributed by atoms with Crippen molar-refractivity contribution in [2.45, 2.75) is 19.8 Å². The van der Waals surface area contributed by atoms with Crippen LogP contribution in [0, 0.1) is 5.82 Å². The normalized spacial score (nSPS) is 10.7. The van der Waals surface area contributed by atoms with Crippen LogP contribution >= 0.6 is 0 Å². The zero-order valence-electron chi connectivity index (χ0n) is 11.5. The van der Waals surface area contributed by atoms with Gasteiger partial charge in [-0.15, -0.1) is 0 Å². The number of rotatable bonds is 4. The number of carbonyl (C=O) groups excluding carboxylic acids is 1. The molecule has 2 rings (SSSR count). The molecule has 0 aliphatic carbocycles. The molecule has 2 aromatic rings. The van der Waals surface area contributed by atoms with Gasteiger partial charge in [0.25, 0.3) is 5.91 Å². The van der Waals surface area contributed by atoms with Gasteiger partial charge < -0.3 is 10.1 Å². The number of hydrogen-bond acceptors (Lipinski definition) is 3. The Labute approximate surface area is 116 Å². The van der Waals surface area contributed by atoms with Crippen molar-refractivity contribution in [3.05, 3.63) is 41.3 Å². The van der Waals surface area contributed by atoms with E-state index >= 15 is 0 Å². The molecule has 106 valence electrons. The van der Waals surface area contributed by atoms with Crippen LogP contribution in [-0.4, -0.2) is 23.2 Å². The van der Waals surface area contributed by atoms with E-state index in [1.807, 2.05) is 13.8 Å². The Morgan fingerprint density at radius 1 is 1.40 bits per heavy atom. The first-order valence-corrected chi connectivity index (χ1v) is 6.21. The molecule has 0 saturated carbocycles. The monoisotopic (exact) mass is 277 g/mol. The summed E-state index contributed by atoms with van der Waals surface area (Å²) in [6.45, 7) is 4.02. The Morgan fingerprint density at radius 3 is 2.70 bits per heavy atom. The molecule has 0 aliphatic heterocycles. The summed E-state index contributed by atoms with van der Waals surface area (Å²) in [5.41, 5.74) is 1.12. The lowest BCUT2D eigenvalue weighted by atomic mass is 10.1. The van der Waals surface area contributed by atoms with E-state index in [0.29, 0.717) is 5.82 Å². The number of anilines is 1. The standard InChI is InChI=1S/C14H16FN3O2/c1-8(2)11-7-13(18-17-11)16-14(19)9-4-5-12(20-3)10(15)6-9/h4-8H,1-3H3,(H2,16,17,18,19). The van der Waals surface area contributed by atoms with Crippen molar-refractivity contribution in [3.63, 3.8) is 0 Å². The Kier molecular flexibility index (Phi) is 4.02. The van der Waals surface area contributed by atoms with Crippen molar-refractivity contribution in [2.24, 2.45) is 0 Å². The summed E-state index contributed by atoms with van der Waals surface area (Å²) in [7, 11) is 1.37. The fourth-order valence-electron chi connectivity index (χ4n) is 1.69. The van der Waals surface area contributed by atoms with E-state index < -0.39 is 11.7 Å². The van der Waals surface area contributed by atoms with E-state index in [4.69, 9.17) is 4.74 Å². The zero-order chi connectivity index (χ0) is 14.7. The van der Waals surface area contributed by atoms with Gasteiger partial charge in [0.15, 0.2) is 17.4 Å². The summed E-state index contributed by atoms with van der Waals surface area (Å²) in [6.07, 6.45) is 0. The molecule has 1 aromatic carbocycles. The van der Waals surface area contributed by atoms with Gasteiger partial charge in [-0.2, -0.15) is 5.10 Å². The molecule has 0 spiro atoms. The Morgan fingerprint density at radius 2 is 2.15 bits per heavy atom. The molecule has 0 atom stereocenters. The molecule has 2 N–H and O–H groups in total. The summed E-state index contributed by atoms with van der Waals surface area (Å²) in [5, 5.41) is 9.43. The highest BCUT2D eigenvalue weighted by molar-refractivity contribution is 6.03. The van der Waals surface area contributed by atoms with Crippen molar-refractivity contribution in [1.29, 1.82) is 0 Å². The smallest absolute Gasteiger partial charge is 0.256 e. The fourth-order valence-corrected chi connectivity index (χ4v) is 1.69. The van der Waals surface area contributed by atoms with Crippen molar-refractivity contribution in [1.82, 2.24) is 10.2 Å². The molecule has 0 unspecified atom stereocenters. The van der Waals surface area contributed by atoms with Crippen LogP contribution in [0.25, 0.3) is 0 Å². The Bertz CT molecular complexity index is 623. The predicted octanol–water partition coefficient (Wildman–Crippen LogP) is 2.93. The van der Waals surface area contributed by atoms with Crippen LogP contribution in [0.1, 0.15) is 35.8 Å². The lowest BCUT2D eigenvalue weighted by molar-refractivity contribution is 0.102. The third-order valence-corrected chi connectivity index (χ3v) is 2.88. The summed E-state index contributed by atoms with van der Waals surface area (Å²) >= 11 is 0. The first-order valence-electron chi connectivity index (χ1n) is 6.21. The molecule has 5 nitrogen and oxygen atoms in total. The van der Waals surface area contributed by atoms with Crippen molar-refractivity contribution < 1.29 is 13.9 Å². The number of carbonyl (C=O) groups is 1. The van der Waals surface area contributed by atoms with Crippen molar-refractivity contribution in [2.75, 3.05) is 12.4 Å². The molecule has 20 heavy (non-hydrogen) atoms. The fraction of sp³-hybridized carbons (Fsp3) is 0.286. The third kappa shape index (κ3) is 2.96. The van der Waals surface area contributed by atoms with Gasteiger partial charge in [0, 0.05) is 17.3 Å². The van der Waals surface area contributed by atoms with Gasteiger partial charge in [0.2, 0.25) is 0 Å². The van der Waals surface area contributed by atoms with Gasteiger partial charge in [0.1, 0.15) is 0 Å². The van der Waals surface area contributed by atoms with Crippen LogP contribution in [0.5, 0.6) is 5.75 Å². The van der Waals surface area contributed by atoms with E-state index in [2.05, 4.69) is 15.5 Å². The number of amides is 1. The molecule has 6 heteroatoms. The lowest BCUT2D eigenvalue weighted by Gasteiger charge is -2.05. The lowest BCUT2D eigenvalue weighted by Crippen LogP contribution is -2.12. The molecular weight excluding hydrogens is 261 g/mol. The maximum absolute atomic E-state index is 13.5. The van der Waals surface area contributed by atoms with Crippen molar-refractivity contribution >= 4 is 11.7 Å². The van der Waals surface area contributed by atoms with Crippen LogP contribution in [0.15, 0.2) is 24.3 Å². The SMILES string of the molecule is COc1ccc(C(=O)Nc2cc(C(C)C)[nH]n2)cc1F. The number of aromatic nitrogens is 2. The third-order valence-electron chi connectivity index (χ3n) is 2.88. The molecule has 1 heterocycles. The van der Waals surface area contributed by atoms with E-state index in [9.17, 15) is 9.18 Å². The summed E-state index contributed by atoms with van der Waals surface area (Å²) in [4.78, 5) is 12.0. The first kappa shape index (κ1) is 14.0. The minimum atomic E-state index is -0.579. The van der Waals surface area contributed by atoms with Gasteiger partial charge in [-0.3, -0.25) is 9.89 Å². The van der Waals surface area contributed by atoms with Gasteiger partial charge in [0.05, 0.1) is 7.11 Å². The highest BCUT2D eigenvalue weighted by Gasteiger charge is 2.12. The zero-order valence-corrected chi connectivity index (χ0v) is 11.5. The predicted molar refractivity (Wildman–Crippen MR) is 73.6 cm³/mol. The second-order valence-corrected chi connectivity index (χ2v) is 4.67. The summed E-state index contributed by atoms with van der Waals surface area (Å²) < 4.78 is 18.3. The number of methoxy groups -OCH3 is 1. The second kappa shape index (κ2) is 5.73. The van der Waals surface area contributed by atoms with Crippen LogP contribution in [0.4, 0.5) is 10.2 Å². The Balaban J connectivity index is 2.13. The van der Waals surface area contributed by atoms with E-state index in [-0.39, 0.29) is 17.2 Å². The average molecular weight is 277 g/mol. The minimum Gasteiger partial charge on any atom is -0.494 e. The number of ether oxygens (including phenoxy) is 1. The van der Waals surface area contributed by atoms with E-state index in [1.54, 1.807) is 6.07 Å². The van der Waals surface area contributed by atoms with Gasteiger partial charge in [-0.05, 0) is 24.1 Å². The minimum absolute atomic E-state index is 0.100. The summed E-state index contributed by atoms with van der Waals surface area (Å²) in [6, 6.07) is 5.79. The number of halogens is 1. The maximum Gasteiger partial charge on any atom is 0.256 e. The highest BCUT2D eigenvalue weighted by Crippen LogP contribution is 2.19. The van der Waals surface area contributed by atoms with Crippen LogP contribution in [0.2, 0.25) is 0 Å². The number of nitrogens with one attached hydrogen (secondary N) is 2. The molecule has 0 bridgehead atoms. The van der Waals surface area contributed by atoms with Crippen LogP contribution in [0.3, 0.4) is 0 Å². The quantitative estimate of drug-likeness (QED) is 0.903. The Hall–Kier alpha value is -2.37. The molecule has 1 amide bonds. The van der Waals surface area contributed by atoms with E-state index in [0.717, 1.165) is 11.8 Å². The topological polar surface area (TPSA) is 67.0 Å². The van der Waals surface area contributed by atoms with Gasteiger partial charge in [-0.25, -0.2) is 4.39 Å². The summed E-state index contributed by atoms with van der Waals surface area (Å²) in [5.74, 6) is -0.205. The van der Waals surface area contributed by atoms with E-state index in [1.165, 1.54) is 19.2 Å². The first-order chi connectivity index (χ1) is 9.51. The number of nitrogens with zero attached hydrogens (tertiary/aromatic N) is 1.